The molecule has 1 fully saturated rings. The summed E-state index contributed by atoms with van der Waals surface area (Å²) in [6, 6.07) is 16.4. The average molecular weight is 267 g/mol. The van der Waals surface area contributed by atoms with E-state index in [1.165, 1.54) is 4.90 Å². The highest BCUT2D eigenvalue weighted by Gasteiger charge is 2.30. The number of anilines is 1. The monoisotopic (exact) mass is 267 g/mol. The quantitative estimate of drug-likeness (QED) is 0.803. The fraction of sp³-hybridized carbons (Fsp3) is 0.125. The van der Waals surface area contributed by atoms with Gasteiger partial charge in [-0.25, -0.2) is 0 Å². The first-order valence-corrected chi connectivity index (χ1v) is 6.43. The zero-order valence-corrected chi connectivity index (χ0v) is 10.8. The minimum absolute atomic E-state index is 0.147. The molecule has 1 saturated heterocycles. The van der Waals surface area contributed by atoms with Gasteiger partial charge in [0, 0.05) is 12.8 Å². The van der Waals surface area contributed by atoms with Gasteiger partial charge in [0.15, 0.2) is 0 Å². The Morgan fingerprint density at radius 2 is 1.30 bits per heavy atom. The lowest BCUT2D eigenvalue weighted by molar-refractivity contribution is -0.121. The number of ether oxygens (including phenoxy) is 1. The smallest absolute Gasteiger partial charge is 0.234 e. The number of nitrogens with zero attached hydrogens (tertiary/aromatic N) is 1. The third-order valence-electron chi connectivity index (χ3n) is 3.13. The topological polar surface area (TPSA) is 46.6 Å². The van der Waals surface area contributed by atoms with E-state index in [-0.39, 0.29) is 11.8 Å². The maximum absolute atomic E-state index is 11.6. The first-order chi connectivity index (χ1) is 9.74. The first kappa shape index (κ1) is 12.4. The van der Waals surface area contributed by atoms with E-state index in [9.17, 15) is 9.59 Å². The Morgan fingerprint density at radius 1 is 0.750 bits per heavy atom. The SMILES string of the molecule is O=C1CCC(=O)N1c1ccc(Oc2ccccc2)cc1. The van der Waals surface area contributed by atoms with E-state index in [0.717, 1.165) is 5.75 Å². The van der Waals surface area contributed by atoms with Gasteiger partial charge in [-0.3, -0.25) is 14.5 Å². The number of hydrogen-bond donors (Lipinski definition) is 0. The molecule has 3 rings (SSSR count). The van der Waals surface area contributed by atoms with Crippen LogP contribution in [-0.4, -0.2) is 11.8 Å². The van der Waals surface area contributed by atoms with Crippen LogP contribution in [0.4, 0.5) is 5.69 Å². The molecule has 2 aromatic rings. The zero-order chi connectivity index (χ0) is 13.9. The molecule has 1 heterocycles. The van der Waals surface area contributed by atoms with Crippen LogP contribution in [0.1, 0.15) is 12.8 Å². The van der Waals surface area contributed by atoms with E-state index in [0.29, 0.717) is 24.3 Å². The summed E-state index contributed by atoms with van der Waals surface area (Å²) in [5.74, 6) is 1.12. The third kappa shape index (κ3) is 2.40. The molecule has 1 aliphatic heterocycles. The van der Waals surface area contributed by atoms with Crippen LogP contribution >= 0.6 is 0 Å². The lowest BCUT2D eigenvalue weighted by Crippen LogP contribution is -2.28. The molecule has 0 N–H and O–H groups in total. The Morgan fingerprint density at radius 3 is 1.90 bits per heavy atom. The van der Waals surface area contributed by atoms with Crippen molar-refractivity contribution in [2.75, 3.05) is 4.90 Å². The van der Waals surface area contributed by atoms with Crippen molar-refractivity contribution in [2.24, 2.45) is 0 Å². The molecule has 0 unspecified atom stereocenters. The molecule has 2 amide bonds. The summed E-state index contributed by atoms with van der Waals surface area (Å²) in [7, 11) is 0. The lowest BCUT2D eigenvalue weighted by atomic mass is 10.2. The number of hydrogen-bond acceptors (Lipinski definition) is 3. The Labute approximate surface area is 116 Å². The molecule has 0 atom stereocenters. The minimum atomic E-state index is -0.147. The van der Waals surface area contributed by atoms with Crippen LogP contribution in [0.5, 0.6) is 11.5 Å². The second-order valence-electron chi connectivity index (χ2n) is 4.53. The average Bonchev–Trinajstić information content (AvgIpc) is 2.81. The van der Waals surface area contributed by atoms with Gasteiger partial charge in [0.2, 0.25) is 11.8 Å². The summed E-state index contributed by atoms with van der Waals surface area (Å²) < 4.78 is 5.66. The van der Waals surface area contributed by atoms with Crippen LogP contribution in [0.25, 0.3) is 0 Å². The van der Waals surface area contributed by atoms with Crippen molar-refractivity contribution in [2.45, 2.75) is 12.8 Å². The maximum atomic E-state index is 11.6. The van der Waals surface area contributed by atoms with Gasteiger partial charge in [-0.1, -0.05) is 18.2 Å². The third-order valence-corrected chi connectivity index (χ3v) is 3.13. The zero-order valence-electron chi connectivity index (χ0n) is 10.8. The standard InChI is InChI=1S/C16H13NO3/c18-15-10-11-16(19)17(15)12-6-8-14(9-7-12)20-13-4-2-1-3-5-13/h1-9H,10-11H2. The van der Waals surface area contributed by atoms with E-state index in [4.69, 9.17) is 4.74 Å². The number of carbonyl (C=O) groups is 2. The fourth-order valence-electron chi connectivity index (χ4n) is 2.15. The summed E-state index contributed by atoms with van der Waals surface area (Å²) in [4.78, 5) is 24.5. The molecule has 0 radical (unpaired) electrons. The van der Waals surface area contributed by atoms with E-state index in [1.807, 2.05) is 30.3 Å². The van der Waals surface area contributed by atoms with Crippen LogP contribution in [0.3, 0.4) is 0 Å². The number of rotatable bonds is 3. The molecule has 4 nitrogen and oxygen atoms in total. The number of benzene rings is 2. The van der Waals surface area contributed by atoms with Crippen molar-refractivity contribution in [1.82, 2.24) is 0 Å². The molecule has 1 aliphatic rings. The van der Waals surface area contributed by atoms with Gasteiger partial charge in [0.05, 0.1) is 5.69 Å². The molecule has 4 heteroatoms. The highest BCUT2D eigenvalue weighted by Crippen LogP contribution is 2.27. The van der Waals surface area contributed by atoms with E-state index >= 15 is 0 Å². The Hall–Kier alpha value is -2.62. The minimum Gasteiger partial charge on any atom is -0.457 e. The van der Waals surface area contributed by atoms with Crippen molar-refractivity contribution >= 4 is 17.5 Å². The number of carbonyl (C=O) groups excluding carboxylic acids is 2. The first-order valence-electron chi connectivity index (χ1n) is 6.43. The predicted octanol–water partition coefficient (Wildman–Crippen LogP) is 3.13. The van der Waals surface area contributed by atoms with E-state index in [2.05, 4.69) is 0 Å². The van der Waals surface area contributed by atoms with Gasteiger partial charge in [0.1, 0.15) is 11.5 Å². The van der Waals surface area contributed by atoms with Crippen molar-refractivity contribution < 1.29 is 14.3 Å². The Kier molecular flexibility index (Phi) is 3.21. The molecule has 0 saturated carbocycles. The van der Waals surface area contributed by atoms with Crippen molar-refractivity contribution in [3.63, 3.8) is 0 Å². The summed E-state index contributed by atoms with van der Waals surface area (Å²) in [5, 5.41) is 0. The lowest BCUT2D eigenvalue weighted by Gasteiger charge is -2.14. The van der Waals surface area contributed by atoms with Gasteiger partial charge in [-0.15, -0.1) is 0 Å². The number of amides is 2. The molecule has 0 aromatic heterocycles. The van der Waals surface area contributed by atoms with E-state index < -0.39 is 0 Å². The second-order valence-corrected chi connectivity index (χ2v) is 4.53. The van der Waals surface area contributed by atoms with Crippen molar-refractivity contribution in [3.8, 4) is 11.5 Å². The van der Waals surface area contributed by atoms with Crippen LogP contribution in [0.2, 0.25) is 0 Å². The van der Waals surface area contributed by atoms with Gasteiger partial charge >= 0.3 is 0 Å². The number of para-hydroxylation sites is 1. The van der Waals surface area contributed by atoms with Crippen LogP contribution in [-0.2, 0) is 9.59 Å². The Bertz CT molecular complexity index is 619. The molecule has 20 heavy (non-hydrogen) atoms. The van der Waals surface area contributed by atoms with Gasteiger partial charge < -0.3 is 4.74 Å². The largest absolute Gasteiger partial charge is 0.457 e. The van der Waals surface area contributed by atoms with Crippen LogP contribution in [0.15, 0.2) is 54.6 Å². The van der Waals surface area contributed by atoms with Gasteiger partial charge in [-0.05, 0) is 36.4 Å². The molecule has 2 aromatic carbocycles. The molecule has 0 spiro atoms. The van der Waals surface area contributed by atoms with Crippen LogP contribution < -0.4 is 9.64 Å². The summed E-state index contributed by atoms with van der Waals surface area (Å²) in [6.07, 6.45) is 0.586. The summed E-state index contributed by atoms with van der Waals surface area (Å²) in [5.41, 5.74) is 0.595. The second kappa shape index (κ2) is 5.17. The normalized spacial score (nSPS) is 14.7. The Balaban J connectivity index is 1.78. The highest BCUT2D eigenvalue weighted by atomic mass is 16.5. The summed E-state index contributed by atoms with van der Waals surface area (Å²) in [6.45, 7) is 0. The molecular weight excluding hydrogens is 254 g/mol. The van der Waals surface area contributed by atoms with Gasteiger partial charge in [-0.2, -0.15) is 0 Å². The maximum Gasteiger partial charge on any atom is 0.234 e. The summed E-state index contributed by atoms with van der Waals surface area (Å²) >= 11 is 0. The number of imide groups is 1. The predicted molar refractivity (Wildman–Crippen MR) is 74.7 cm³/mol. The van der Waals surface area contributed by atoms with Crippen molar-refractivity contribution in [3.05, 3.63) is 54.6 Å². The van der Waals surface area contributed by atoms with E-state index in [1.54, 1.807) is 24.3 Å². The van der Waals surface area contributed by atoms with Crippen LogP contribution in [0, 0.1) is 0 Å². The molecule has 0 bridgehead atoms. The van der Waals surface area contributed by atoms with Gasteiger partial charge in [0.25, 0.3) is 0 Å². The van der Waals surface area contributed by atoms with Crippen molar-refractivity contribution in [1.29, 1.82) is 0 Å². The molecular formula is C16H13NO3. The molecule has 0 aliphatic carbocycles. The fourth-order valence-corrected chi connectivity index (χ4v) is 2.15. The highest BCUT2D eigenvalue weighted by molar-refractivity contribution is 6.19. The molecule has 100 valence electrons.